The van der Waals surface area contributed by atoms with Crippen LogP contribution in [0.3, 0.4) is 0 Å². The smallest absolute Gasteiger partial charge is 0.247 e. The molecule has 2 aromatic carbocycles. The minimum Gasteiger partial charge on any atom is -0.326 e. The Labute approximate surface area is 181 Å². The molecule has 1 N–H and O–H groups in total. The molecule has 0 radical (unpaired) electrons. The Hall–Kier alpha value is -3.55. The first-order valence-electron chi connectivity index (χ1n) is 10.4. The molecule has 1 aliphatic rings. The van der Waals surface area contributed by atoms with Crippen molar-refractivity contribution in [1.82, 2.24) is 25.1 Å². The Morgan fingerprint density at radius 3 is 2.61 bits per heavy atom. The summed E-state index contributed by atoms with van der Waals surface area (Å²) in [6.07, 6.45) is 0.914. The van der Waals surface area contributed by atoms with Crippen LogP contribution in [0.5, 0.6) is 0 Å². The molecule has 8 heteroatoms. The second kappa shape index (κ2) is 8.67. The average molecular weight is 419 g/mol. The fraction of sp³-hybridized carbons (Fsp3) is 0.348. The zero-order chi connectivity index (χ0) is 22.0. The van der Waals surface area contributed by atoms with Crippen LogP contribution in [0.4, 0.5) is 5.69 Å². The third-order valence-electron chi connectivity index (χ3n) is 5.44. The van der Waals surface area contributed by atoms with E-state index in [9.17, 15) is 9.59 Å². The highest BCUT2D eigenvalue weighted by molar-refractivity contribution is 5.98. The van der Waals surface area contributed by atoms with Crippen molar-refractivity contribution in [2.75, 3.05) is 5.32 Å². The number of rotatable bonds is 5. The summed E-state index contributed by atoms with van der Waals surface area (Å²) in [5.41, 5.74) is 3.59. The molecule has 1 aromatic heterocycles. The molecule has 8 nitrogen and oxygen atoms in total. The van der Waals surface area contributed by atoms with E-state index in [0.717, 1.165) is 16.8 Å². The Morgan fingerprint density at radius 1 is 1.13 bits per heavy atom. The number of tetrazole rings is 1. The Kier molecular flexibility index (Phi) is 5.79. The maximum Gasteiger partial charge on any atom is 0.247 e. The van der Waals surface area contributed by atoms with E-state index in [1.54, 1.807) is 9.58 Å². The van der Waals surface area contributed by atoms with Gasteiger partial charge in [-0.25, -0.2) is 0 Å². The van der Waals surface area contributed by atoms with E-state index in [-0.39, 0.29) is 17.7 Å². The van der Waals surface area contributed by atoms with Gasteiger partial charge in [-0.2, -0.15) is 4.68 Å². The fourth-order valence-corrected chi connectivity index (χ4v) is 3.90. The first-order valence-corrected chi connectivity index (χ1v) is 10.4. The molecule has 2 amide bonds. The molecule has 0 saturated carbocycles. The lowest BCUT2D eigenvalue weighted by atomic mass is 9.92. The van der Waals surface area contributed by atoms with Gasteiger partial charge in [-0.15, -0.1) is 5.10 Å². The predicted molar refractivity (Wildman–Crippen MR) is 116 cm³/mol. The number of aromatic nitrogens is 4. The highest BCUT2D eigenvalue weighted by Gasteiger charge is 2.34. The van der Waals surface area contributed by atoms with Gasteiger partial charge in [-0.1, -0.05) is 44.2 Å². The first-order chi connectivity index (χ1) is 14.9. The maximum atomic E-state index is 13.3. The van der Waals surface area contributed by atoms with Crippen LogP contribution in [0.15, 0.2) is 48.5 Å². The van der Waals surface area contributed by atoms with E-state index in [4.69, 9.17) is 0 Å². The molecule has 0 saturated heterocycles. The topological polar surface area (TPSA) is 93.0 Å². The summed E-state index contributed by atoms with van der Waals surface area (Å²) in [6, 6.07) is 14.8. The number of anilines is 1. The molecule has 4 rings (SSSR count). The molecule has 0 bridgehead atoms. The number of nitrogens with one attached hydrogen (secondary N) is 1. The number of amides is 2. The van der Waals surface area contributed by atoms with Crippen molar-refractivity contribution in [2.45, 2.75) is 46.2 Å². The quantitative estimate of drug-likeness (QED) is 0.688. The van der Waals surface area contributed by atoms with Crippen LogP contribution < -0.4 is 5.32 Å². The number of carbonyl (C=O) groups is 2. The lowest BCUT2D eigenvalue weighted by molar-refractivity contribution is -0.140. The van der Waals surface area contributed by atoms with Crippen LogP contribution in [-0.2, 0) is 22.6 Å². The lowest BCUT2D eigenvalue weighted by Crippen LogP contribution is -2.50. The zero-order valence-electron chi connectivity index (χ0n) is 17.9. The van der Waals surface area contributed by atoms with Gasteiger partial charge in [0, 0.05) is 25.1 Å². The zero-order valence-corrected chi connectivity index (χ0v) is 17.9. The van der Waals surface area contributed by atoms with Gasteiger partial charge < -0.3 is 10.2 Å². The summed E-state index contributed by atoms with van der Waals surface area (Å²) in [5.74, 6) is 0.683. The van der Waals surface area contributed by atoms with Gasteiger partial charge in [0.1, 0.15) is 6.04 Å². The summed E-state index contributed by atoms with van der Waals surface area (Å²) in [4.78, 5) is 28.0. The number of carbonyl (C=O) groups excluding carboxylic acids is 2. The normalized spacial score (nSPS) is 15.6. The van der Waals surface area contributed by atoms with E-state index in [0.29, 0.717) is 30.9 Å². The van der Waals surface area contributed by atoms with Gasteiger partial charge in [0.25, 0.3) is 0 Å². The van der Waals surface area contributed by atoms with Crippen molar-refractivity contribution in [3.8, 4) is 5.69 Å². The summed E-state index contributed by atoms with van der Waals surface area (Å²) in [6.45, 7) is 6.28. The van der Waals surface area contributed by atoms with Crippen molar-refractivity contribution >= 4 is 17.5 Å². The lowest BCUT2D eigenvalue weighted by Gasteiger charge is -2.36. The van der Waals surface area contributed by atoms with Gasteiger partial charge in [0.2, 0.25) is 11.8 Å². The molecule has 2 heterocycles. The molecule has 1 aliphatic heterocycles. The Balaban J connectivity index is 1.58. The number of benzene rings is 2. The largest absolute Gasteiger partial charge is 0.326 e. The van der Waals surface area contributed by atoms with Crippen molar-refractivity contribution < 1.29 is 9.59 Å². The third-order valence-corrected chi connectivity index (χ3v) is 5.44. The van der Waals surface area contributed by atoms with Crippen LogP contribution in [0.2, 0.25) is 0 Å². The van der Waals surface area contributed by atoms with Gasteiger partial charge >= 0.3 is 0 Å². The Morgan fingerprint density at radius 2 is 1.90 bits per heavy atom. The van der Waals surface area contributed by atoms with Gasteiger partial charge in [-0.3, -0.25) is 9.59 Å². The molecule has 31 heavy (non-hydrogen) atoms. The Bertz CT molecular complexity index is 1110. The van der Waals surface area contributed by atoms with Crippen LogP contribution in [0.1, 0.15) is 37.2 Å². The van der Waals surface area contributed by atoms with Gasteiger partial charge in [-0.05, 0) is 52.6 Å². The molecule has 160 valence electrons. The summed E-state index contributed by atoms with van der Waals surface area (Å²) in [7, 11) is 0. The van der Waals surface area contributed by atoms with Crippen LogP contribution in [0.25, 0.3) is 5.69 Å². The average Bonchev–Trinajstić information content (AvgIpc) is 3.18. The van der Waals surface area contributed by atoms with Crippen LogP contribution in [0, 0.1) is 12.8 Å². The SMILES string of the molecule is Cc1nnnn1-c1cccc(NC(=O)C2Cc3ccccc3CN2C(=O)CC(C)C)c1. The van der Waals surface area contributed by atoms with Crippen molar-refractivity contribution in [3.63, 3.8) is 0 Å². The van der Waals surface area contributed by atoms with Crippen molar-refractivity contribution in [2.24, 2.45) is 5.92 Å². The fourth-order valence-electron chi connectivity index (χ4n) is 3.90. The highest BCUT2D eigenvalue weighted by Crippen LogP contribution is 2.26. The monoisotopic (exact) mass is 418 g/mol. The second-order valence-corrected chi connectivity index (χ2v) is 8.29. The van der Waals surface area contributed by atoms with E-state index >= 15 is 0 Å². The molecule has 1 unspecified atom stereocenters. The molecule has 3 aromatic rings. The van der Waals surface area contributed by atoms with Crippen LogP contribution in [-0.4, -0.2) is 43.0 Å². The number of fused-ring (bicyclic) bond motifs is 1. The predicted octanol–water partition coefficient (Wildman–Crippen LogP) is 2.91. The number of nitrogens with zero attached hydrogens (tertiary/aromatic N) is 5. The first kappa shape index (κ1) is 20.7. The second-order valence-electron chi connectivity index (χ2n) is 8.29. The van der Waals surface area contributed by atoms with E-state index in [1.807, 2.05) is 69.3 Å². The molecular weight excluding hydrogens is 392 g/mol. The van der Waals surface area contributed by atoms with Crippen LogP contribution >= 0.6 is 0 Å². The van der Waals surface area contributed by atoms with E-state index in [2.05, 4.69) is 20.8 Å². The van der Waals surface area contributed by atoms with E-state index < -0.39 is 6.04 Å². The number of hydrogen-bond acceptors (Lipinski definition) is 5. The molecule has 0 fully saturated rings. The molecule has 0 spiro atoms. The summed E-state index contributed by atoms with van der Waals surface area (Å²) in [5, 5.41) is 14.5. The van der Waals surface area contributed by atoms with Crippen molar-refractivity contribution in [3.05, 3.63) is 65.5 Å². The molecule has 0 aliphatic carbocycles. The van der Waals surface area contributed by atoms with Gasteiger partial charge in [0.15, 0.2) is 5.82 Å². The molecule has 1 atom stereocenters. The third kappa shape index (κ3) is 4.47. The molecular formula is C23H26N6O2. The minimum absolute atomic E-state index is 0.00252. The summed E-state index contributed by atoms with van der Waals surface area (Å²) >= 11 is 0. The van der Waals surface area contributed by atoms with E-state index in [1.165, 1.54) is 0 Å². The number of hydrogen-bond donors (Lipinski definition) is 1. The summed E-state index contributed by atoms with van der Waals surface area (Å²) < 4.78 is 1.60. The van der Waals surface area contributed by atoms with Crippen molar-refractivity contribution in [1.29, 1.82) is 0 Å². The number of aryl methyl sites for hydroxylation is 1. The standard InChI is InChI=1S/C23H26N6O2/c1-15(2)11-22(30)28-14-18-8-5-4-7-17(18)12-21(28)23(31)24-19-9-6-10-20(13-19)29-16(3)25-26-27-29/h4-10,13,15,21H,11-12,14H2,1-3H3,(H,24,31). The minimum atomic E-state index is -0.556. The van der Waals surface area contributed by atoms with Gasteiger partial charge in [0.05, 0.1) is 5.69 Å². The maximum absolute atomic E-state index is 13.3. The highest BCUT2D eigenvalue weighted by atomic mass is 16.2.